The van der Waals surface area contributed by atoms with E-state index in [1.54, 1.807) is 7.11 Å². The van der Waals surface area contributed by atoms with Crippen LogP contribution in [-0.2, 0) is 14.3 Å². The SMILES string of the molecule is COc1ccc(N2C(=O)[C@@H](OC(C)=O)C23CCC(C(C)(C)C)CC3)cc1. The number of hydrogen-bond donors (Lipinski definition) is 0. The van der Waals surface area contributed by atoms with Gasteiger partial charge in [-0.25, -0.2) is 0 Å². The molecule has 1 aromatic rings. The number of esters is 1. The van der Waals surface area contributed by atoms with Crippen LogP contribution in [0.1, 0.15) is 53.4 Å². The molecule has 0 N–H and O–H groups in total. The number of rotatable bonds is 3. The quantitative estimate of drug-likeness (QED) is 0.606. The van der Waals surface area contributed by atoms with Gasteiger partial charge in [0.1, 0.15) is 5.75 Å². The molecule has 0 bridgehead atoms. The number of carbonyl (C=O) groups excluding carboxylic acids is 2. The van der Waals surface area contributed by atoms with Crippen LogP contribution in [0.15, 0.2) is 24.3 Å². The maximum atomic E-state index is 12.8. The normalized spacial score (nSPS) is 28.7. The number of β-lactam (4-membered cyclic amide) rings is 1. The van der Waals surface area contributed by atoms with Gasteiger partial charge in [0.25, 0.3) is 5.91 Å². The fourth-order valence-electron chi connectivity index (χ4n) is 4.53. The second kappa shape index (κ2) is 6.60. The number of anilines is 1. The van der Waals surface area contributed by atoms with Crippen molar-refractivity contribution in [2.45, 2.75) is 65.0 Å². The zero-order chi connectivity index (χ0) is 19.1. The van der Waals surface area contributed by atoms with Gasteiger partial charge in [0.2, 0.25) is 6.10 Å². The highest BCUT2D eigenvalue weighted by molar-refractivity contribution is 6.07. The minimum Gasteiger partial charge on any atom is -0.497 e. The lowest BCUT2D eigenvalue weighted by Gasteiger charge is -2.59. The summed E-state index contributed by atoms with van der Waals surface area (Å²) < 4.78 is 10.7. The van der Waals surface area contributed by atoms with Crippen LogP contribution >= 0.6 is 0 Å². The molecule has 2 fully saturated rings. The van der Waals surface area contributed by atoms with Gasteiger partial charge in [-0.3, -0.25) is 14.5 Å². The Kier molecular flexibility index (Phi) is 4.76. The van der Waals surface area contributed by atoms with Gasteiger partial charge in [-0.05, 0) is 61.3 Å². The average molecular weight is 359 g/mol. The molecule has 1 aliphatic carbocycles. The van der Waals surface area contributed by atoms with Crippen molar-refractivity contribution in [1.29, 1.82) is 0 Å². The maximum Gasteiger partial charge on any atom is 0.303 e. The van der Waals surface area contributed by atoms with Crippen molar-refractivity contribution in [1.82, 2.24) is 0 Å². The Morgan fingerprint density at radius 2 is 1.73 bits per heavy atom. The van der Waals surface area contributed by atoms with Gasteiger partial charge >= 0.3 is 5.97 Å². The van der Waals surface area contributed by atoms with Gasteiger partial charge in [-0.1, -0.05) is 20.8 Å². The highest BCUT2D eigenvalue weighted by atomic mass is 16.6. The average Bonchev–Trinajstić information content (AvgIpc) is 2.60. The lowest BCUT2D eigenvalue weighted by Crippen LogP contribution is -2.76. The fourth-order valence-corrected chi connectivity index (χ4v) is 4.53. The van der Waals surface area contributed by atoms with E-state index in [4.69, 9.17) is 9.47 Å². The van der Waals surface area contributed by atoms with Crippen LogP contribution in [-0.4, -0.2) is 30.6 Å². The molecule has 1 atom stereocenters. The van der Waals surface area contributed by atoms with Crippen LogP contribution in [0, 0.1) is 11.3 Å². The summed E-state index contributed by atoms with van der Waals surface area (Å²) in [6.07, 6.45) is 3.10. The van der Waals surface area contributed by atoms with Gasteiger partial charge in [-0.2, -0.15) is 0 Å². The van der Waals surface area contributed by atoms with E-state index < -0.39 is 17.6 Å². The molecule has 1 saturated carbocycles. The highest BCUT2D eigenvalue weighted by Crippen LogP contribution is 2.52. The molecule has 0 radical (unpaired) electrons. The van der Waals surface area contributed by atoms with E-state index in [1.165, 1.54) is 6.92 Å². The molecular weight excluding hydrogens is 330 g/mol. The molecule has 5 heteroatoms. The largest absolute Gasteiger partial charge is 0.497 e. The minimum absolute atomic E-state index is 0.125. The first-order valence-corrected chi connectivity index (χ1v) is 9.34. The topological polar surface area (TPSA) is 55.8 Å². The monoisotopic (exact) mass is 359 g/mol. The summed E-state index contributed by atoms with van der Waals surface area (Å²) in [6.45, 7) is 8.18. The van der Waals surface area contributed by atoms with Crippen LogP contribution in [0.5, 0.6) is 5.75 Å². The molecule has 1 spiro atoms. The first-order chi connectivity index (χ1) is 12.2. The van der Waals surface area contributed by atoms with E-state index >= 15 is 0 Å². The smallest absolute Gasteiger partial charge is 0.303 e. The Labute approximate surface area is 155 Å². The summed E-state index contributed by atoms with van der Waals surface area (Å²) in [5.41, 5.74) is 0.671. The predicted molar refractivity (Wildman–Crippen MR) is 100 cm³/mol. The lowest BCUT2D eigenvalue weighted by atomic mass is 9.62. The molecule has 5 nitrogen and oxygen atoms in total. The first kappa shape index (κ1) is 18.7. The Bertz CT molecular complexity index is 681. The molecule has 0 unspecified atom stereocenters. The molecule has 142 valence electrons. The zero-order valence-corrected chi connectivity index (χ0v) is 16.4. The van der Waals surface area contributed by atoms with Crippen molar-refractivity contribution in [3.05, 3.63) is 24.3 Å². The van der Waals surface area contributed by atoms with Gasteiger partial charge in [0, 0.05) is 12.6 Å². The Balaban J connectivity index is 1.88. The van der Waals surface area contributed by atoms with Gasteiger partial charge in [0.15, 0.2) is 0 Å². The molecule has 0 aromatic heterocycles. The van der Waals surface area contributed by atoms with Crippen LogP contribution < -0.4 is 9.64 Å². The summed E-state index contributed by atoms with van der Waals surface area (Å²) in [6, 6.07) is 7.52. The molecule has 1 heterocycles. The third-order valence-corrected chi connectivity index (χ3v) is 6.07. The third kappa shape index (κ3) is 3.08. The third-order valence-electron chi connectivity index (χ3n) is 6.07. The summed E-state index contributed by atoms with van der Waals surface area (Å²) in [5, 5.41) is 0. The molecule has 1 aliphatic heterocycles. The van der Waals surface area contributed by atoms with Crippen LogP contribution in [0.4, 0.5) is 5.69 Å². The van der Waals surface area contributed by atoms with Crippen molar-refractivity contribution in [3.8, 4) is 5.75 Å². The van der Waals surface area contributed by atoms with Crippen LogP contribution in [0.25, 0.3) is 0 Å². The van der Waals surface area contributed by atoms with Gasteiger partial charge < -0.3 is 9.47 Å². The van der Waals surface area contributed by atoms with Crippen LogP contribution in [0.2, 0.25) is 0 Å². The first-order valence-electron chi connectivity index (χ1n) is 9.34. The van der Waals surface area contributed by atoms with E-state index in [0.29, 0.717) is 5.92 Å². The zero-order valence-electron chi connectivity index (χ0n) is 16.4. The minimum atomic E-state index is -0.664. The molecule has 2 aliphatic rings. The second-order valence-electron chi connectivity index (χ2n) is 8.61. The number of nitrogens with zero attached hydrogens (tertiary/aromatic N) is 1. The van der Waals surface area contributed by atoms with Crippen molar-refractivity contribution >= 4 is 17.6 Å². The van der Waals surface area contributed by atoms with Crippen molar-refractivity contribution < 1.29 is 19.1 Å². The maximum absolute atomic E-state index is 12.8. The highest BCUT2D eigenvalue weighted by Gasteiger charge is 2.63. The van der Waals surface area contributed by atoms with Gasteiger partial charge in [0.05, 0.1) is 12.6 Å². The number of methoxy groups -OCH3 is 1. The number of hydrogen-bond acceptors (Lipinski definition) is 4. The Morgan fingerprint density at radius 1 is 1.15 bits per heavy atom. The predicted octanol–water partition coefficient (Wildman–Crippen LogP) is 3.95. The summed E-state index contributed by atoms with van der Waals surface area (Å²) in [5.74, 6) is 0.845. The summed E-state index contributed by atoms with van der Waals surface area (Å²) in [7, 11) is 1.62. The van der Waals surface area contributed by atoms with Crippen molar-refractivity contribution in [2.24, 2.45) is 11.3 Å². The summed E-state index contributed by atoms with van der Waals surface area (Å²) >= 11 is 0. The molecular formula is C21H29NO4. The Morgan fingerprint density at radius 3 is 2.19 bits per heavy atom. The van der Waals surface area contributed by atoms with E-state index in [1.807, 2.05) is 29.2 Å². The van der Waals surface area contributed by atoms with E-state index in [2.05, 4.69) is 20.8 Å². The lowest BCUT2D eigenvalue weighted by molar-refractivity contribution is -0.170. The van der Waals surface area contributed by atoms with Gasteiger partial charge in [-0.15, -0.1) is 0 Å². The van der Waals surface area contributed by atoms with Crippen molar-refractivity contribution in [3.63, 3.8) is 0 Å². The number of amides is 1. The van der Waals surface area contributed by atoms with Crippen LogP contribution in [0.3, 0.4) is 0 Å². The number of ether oxygens (including phenoxy) is 2. The fraction of sp³-hybridized carbons (Fsp3) is 0.619. The molecule has 1 aromatic carbocycles. The number of benzene rings is 1. The molecule has 1 amide bonds. The standard InChI is InChI=1S/C21H29NO4/c1-14(23)26-18-19(24)22(16-6-8-17(25-5)9-7-16)21(18)12-10-15(11-13-21)20(2,3)4/h6-9,15,18H,10-13H2,1-5H3/t15?,18-,21?/m1/s1. The van der Waals surface area contributed by atoms with Crippen molar-refractivity contribution in [2.75, 3.05) is 12.0 Å². The summed E-state index contributed by atoms with van der Waals surface area (Å²) in [4.78, 5) is 26.2. The van der Waals surface area contributed by atoms with E-state index in [-0.39, 0.29) is 11.3 Å². The van der Waals surface area contributed by atoms with E-state index in [0.717, 1.165) is 37.1 Å². The Hall–Kier alpha value is -2.04. The van der Waals surface area contributed by atoms with E-state index in [9.17, 15) is 9.59 Å². The second-order valence-corrected chi connectivity index (χ2v) is 8.61. The number of carbonyl (C=O) groups is 2. The molecule has 1 saturated heterocycles. The molecule has 26 heavy (non-hydrogen) atoms. The molecule has 3 rings (SSSR count).